The van der Waals surface area contributed by atoms with E-state index >= 15 is 0 Å². The lowest BCUT2D eigenvalue weighted by Crippen LogP contribution is -2.51. The van der Waals surface area contributed by atoms with Crippen LogP contribution in [0.4, 0.5) is 0 Å². The number of piperazine rings is 1. The molecular formula is C20H25N3O4. The summed E-state index contributed by atoms with van der Waals surface area (Å²) >= 11 is 0. The second kappa shape index (κ2) is 8.16. The molecule has 1 N–H and O–H groups in total. The van der Waals surface area contributed by atoms with Gasteiger partial charge in [0.1, 0.15) is 11.5 Å². The van der Waals surface area contributed by atoms with Crippen molar-refractivity contribution in [3.63, 3.8) is 0 Å². The number of nitrogens with one attached hydrogen (secondary N) is 1. The van der Waals surface area contributed by atoms with Gasteiger partial charge in [-0.3, -0.25) is 9.59 Å². The van der Waals surface area contributed by atoms with Crippen LogP contribution >= 0.6 is 0 Å². The molecule has 0 bridgehead atoms. The Hall–Kier alpha value is -2.96. The molecule has 1 aromatic carbocycles. The summed E-state index contributed by atoms with van der Waals surface area (Å²) in [6, 6.07) is 7.29. The van der Waals surface area contributed by atoms with Crippen LogP contribution in [-0.4, -0.2) is 67.0 Å². The maximum Gasteiger partial charge on any atom is 0.257 e. The summed E-state index contributed by atoms with van der Waals surface area (Å²) in [6.07, 6.45) is 2.16. The van der Waals surface area contributed by atoms with Gasteiger partial charge in [-0.15, -0.1) is 0 Å². The van der Waals surface area contributed by atoms with Gasteiger partial charge >= 0.3 is 0 Å². The van der Waals surface area contributed by atoms with E-state index in [0.717, 1.165) is 11.3 Å². The predicted molar refractivity (Wildman–Crippen MR) is 101 cm³/mol. The Morgan fingerprint density at radius 2 is 1.74 bits per heavy atom. The van der Waals surface area contributed by atoms with Crippen molar-refractivity contribution in [1.82, 2.24) is 14.8 Å². The highest BCUT2D eigenvalue weighted by molar-refractivity contribution is 5.98. The number of hydrogen-bond acceptors (Lipinski definition) is 4. The van der Waals surface area contributed by atoms with E-state index < -0.39 is 0 Å². The van der Waals surface area contributed by atoms with Gasteiger partial charge in [-0.2, -0.15) is 0 Å². The Balaban J connectivity index is 1.65. The second-order valence-corrected chi connectivity index (χ2v) is 6.52. The number of aromatic nitrogens is 1. The van der Waals surface area contributed by atoms with E-state index in [1.165, 1.54) is 0 Å². The fraction of sp³-hybridized carbons (Fsp3) is 0.400. The average Bonchev–Trinajstić information content (AvgIpc) is 3.20. The zero-order valence-electron chi connectivity index (χ0n) is 15.9. The minimum absolute atomic E-state index is 0.0717. The molecule has 0 radical (unpaired) electrons. The number of aromatic amines is 1. The molecule has 1 aliphatic heterocycles. The van der Waals surface area contributed by atoms with Crippen LogP contribution < -0.4 is 9.47 Å². The maximum atomic E-state index is 13.0. The first-order valence-corrected chi connectivity index (χ1v) is 8.96. The first kappa shape index (κ1) is 18.8. The molecule has 0 aliphatic carbocycles. The Kier molecular flexibility index (Phi) is 5.69. The lowest BCUT2D eigenvalue weighted by Gasteiger charge is -2.35. The van der Waals surface area contributed by atoms with Gasteiger partial charge < -0.3 is 24.3 Å². The summed E-state index contributed by atoms with van der Waals surface area (Å²) in [5.74, 6) is 1.20. The molecule has 144 valence electrons. The van der Waals surface area contributed by atoms with Gasteiger partial charge in [-0.05, 0) is 31.2 Å². The van der Waals surface area contributed by atoms with E-state index in [2.05, 4.69) is 4.98 Å². The number of methoxy groups -OCH3 is 2. The monoisotopic (exact) mass is 371 g/mol. The normalized spacial score (nSPS) is 14.2. The van der Waals surface area contributed by atoms with Gasteiger partial charge in [-0.25, -0.2) is 0 Å². The van der Waals surface area contributed by atoms with E-state index in [1.54, 1.807) is 36.2 Å². The maximum absolute atomic E-state index is 13.0. The van der Waals surface area contributed by atoms with Gasteiger partial charge in [0, 0.05) is 43.6 Å². The highest BCUT2D eigenvalue weighted by Crippen LogP contribution is 2.32. The number of H-pyrrole nitrogens is 1. The Labute approximate surface area is 158 Å². The van der Waals surface area contributed by atoms with Gasteiger partial charge in [0.15, 0.2) is 0 Å². The molecular weight excluding hydrogens is 346 g/mol. The summed E-state index contributed by atoms with van der Waals surface area (Å²) in [4.78, 5) is 32.0. The number of ether oxygens (including phenoxy) is 2. The summed E-state index contributed by atoms with van der Waals surface area (Å²) < 4.78 is 10.8. The van der Waals surface area contributed by atoms with Crippen molar-refractivity contribution in [1.29, 1.82) is 0 Å². The molecule has 0 atom stereocenters. The fourth-order valence-corrected chi connectivity index (χ4v) is 3.41. The molecule has 3 rings (SSSR count). The topological polar surface area (TPSA) is 74.9 Å². The van der Waals surface area contributed by atoms with Crippen LogP contribution in [0.5, 0.6) is 11.5 Å². The molecule has 2 amide bonds. The molecule has 1 fully saturated rings. The van der Waals surface area contributed by atoms with Gasteiger partial charge in [0.25, 0.3) is 5.91 Å². The zero-order valence-corrected chi connectivity index (χ0v) is 15.9. The van der Waals surface area contributed by atoms with Crippen LogP contribution in [0.25, 0.3) is 0 Å². The molecule has 1 saturated heterocycles. The fourth-order valence-electron chi connectivity index (χ4n) is 3.41. The molecule has 0 saturated carbocycles. The zero-order chi connectivity index (χ0) is 19.4. The predicted octanol–water partition coefficient (Wildman–Crippen LogP) is 1.87. The minimum Gasteiger partial charge on any atom is -0.496 e. The Morgan fingerprint density at radius 1 is 1.04 bits per heavy atom. The number of hydrogen-bond donors (Lipinski definition) is 1. The molecule has 0 spiro atoms. The van der Waals surface area contributed by atoms with Crippen LogP contribution in [0.15, 0.2) is 30.5 Å². The molecule has 7 heteroatoms. The highest BCUT2D eigenvalue weighted by atomic mass is 16.5. The third kappa shape index (κ3) is 3.92. The summed E-state index contributed by atoms with van der Waals surface area (Å²) in [5, 5.41) is 0. The van der Waals surface area contributed by atoms with E-state index in [0.29, 0.717) is 49.7 Å². The van der Waals surface area contributed by atoms with Gasteiger partial charge in [0.2, 0.25) is 5.91 Å². The quantitative estimate of drug-likeness (QED) is 0.871. The molecule has 27 heavy (non-hydrogen) atoms. The summed E-state index contributed by atoms with van der Waals surface area (Å²) in [5.41, 5.74) is 2.21. The second-order valence-electron chi connectivity index (χ2n) is 6.52. The Bertz CT molecular complexity index is 809. The Morgan fingerprint density at radius 3 is 2.33 bits per heavy atom. The molecule has 7 nitrogen and oxygen atoms in total. The summed E-state index contributed by atoms with van der Waals surface area (Å²) in [6.45, 7) is 3.93. The van der Waals surface area contributed by atoms with Crippen molar-refractivity contribution in [2.75, 3.05) is 40.4 Å². The van der Waals surface area contributed by atoms with E-state index in [-0.39, 0.29) is 11.8 Å². The third-order valence-corrected chi connectivity index (χ3v) is 4.93. The third-order valence-electron chi connectivity index (χ3n) is 4.93. The molecule has 1 aliphatic rings. The van der Waals surface area contributed by atoms with Crippen molar-refractivity contribution < 1.29 is 19.1 Å². The number of rotatable bonds is 5. The lowest BCUT2D eigenvalue weighted by molar-refractivity contribution is -0.132. The summed E-state index contributed by atoms with van der Waals surface area (Å²) in [7, 11) is 3.14. The van der Waals surface area contributed by atoms with Crippen molar-refractivity contribution in [2.24, 2.45) is 0 Å². The van der Waals surface area contributed by atoms with Crippen molar-refractivity contribution in [2.45, 2.75) is 13.3 Å². The van der Waals surface area contributed by atoms with Crippen LogP contribution in [0.3, 0.4) is 0 Å². The van der Waals surface area contributed by atoms with Crippen LogP contribution in [0.2, 0.25) is 0 Å². The standard InChI is InChI=1S/C20H25N3O4/c1-14-17(26-2)7-6-16(19(14)27-3)20(25)23-11-9-22(10-12-23)18(24)13-15-5-4-8-21-15/h4-8,21H,9-13H2,1-3H3. The van der Waals surface area contributed by atoms with Crippen LogP contribution in [0.1, 0.15) is 21.6 Å². The highest BCUT2D eigenvalue weighted by Gasteiger charge is 2.27. The minimum atomic E-state index is -0.0888. The molecule has 1 aromatic heterocycles. The van der Waals surface area contributed by atoms with Gasteiger partial charge in [-0.1, -0.05) is 0 Å². The first-order valence-electron chi connectivity index (χ1n) is 8.96. The van der Waals surface area contributed by atoms with Crippen molar-refractivity contribution in [3.05, 3.63) is 47.3 Å². The van der Waals surface area contributed by atoms with Crippen molar-refractivity contribution >= 4 is 11.8 Å². The molecule has 2 heterocycles. The molecule has 0 unspecified atom stereocenters. The van der Waals surface area contributed by atoms with Crippen LogP contribution in [-0.2, 0) is 11.2 Å². The lowest BCUT2D eigenvalue weighted by atomic mass is 10.1. The first-order chi connectivity index (χ1) is 13.0. The smallest absolute Gasteiger partial charge is 0.257 e. The number of carbonyl (C=O) groups is 2. The number of nitrogens with zero attached hydrogens (tertiary/aromatic N) is 2. The number of amides is 2. The SMILES string of the molecule is COc1ccc(C(=O)N2CCN(C(=O)Cc3ccc[nH]3)CC2)c(OC)c1C. The van der Waals surface area contributed by atoms with Crippen molar-refractivity contribution in [3.8, 4) is 11.5 Å². The van der Waals surface area contributed by atoms with Gasteiger partial charge in [0.05, 0.1) is 26.2 Å². The van der Waals surface area contributed by atoms with E-state index in [9.17, 15) is 9.59 Å². The number of benzene rings is 1. The number of carbonyl (C=O) groups excluding carboxylic acids is 2. The molecule has 2 aromatic rings. The van der Waals surface area contributed by atoms with Crippen LogP contribution in [0, 0.1) is 6.92 Å². The largest absolute Gasteiger partial charge is 0.496 e. The van der Waals surface area contributed by atoms with E-state index in [1.807, 2.05) is 25.3 Å². The van der Waals surface area contributed by atoms with E-state index in [4.69, 9.17) is 9.47 Å². The average molecular weight is 371 g/mol.